The van der Waals surface area contributed by atoms with Crippen LogP contribution in [0.5, 0.6) is 0 Å². The SMILES string of the molecule is CC(CC1CC1)Nc1nccn(C(C)(C)C)c1=O. The summed E-state index contributed by atoms with van der Waals surface area (Å²) >= 11 is 0. The zero-order valence-corrected chi connectivity index (χ0v) is 11.7. The van der Waals surface area contributed by atoms with Gasteiger partial charge in [0.15, 0.2) is 5.82 Å². The van der Waals surface area contributed by atoms with Crippen molar-refractivity contribution in [2.75, 3.05) is 5.32 Å². The number of nitrogens with zero attached hydrogens (tertiary/aromatic N) is 2. The van der Waals surface area contributed by atoms with Gasteiger partial charge < -0.3 is 9.88 Å². The number of hydrogen-bond acceptors (Lipinski definition) is 3. The van der Waals surface area contributed by atoms with E-state index in [2.05, 4.69) is 17.2 Å². The van der Waals surface area contributed by atoms with Crippen molar-refractivity contribution in [1.82, 2.24) is 9.55 Å². The molecule has 1 heterocycles. The monoisotopic (exact) mass is 249 g/mol. The van der Waals surface area contributed by atoms with Crippen molar-refractivity contribution >= 4 is 5.82 Å². The Morgan fingerprint density at radius 3 is 2.72 bits per heavy atom. The highest BCUT2D eigenvalue weighted by molar-refractivity contribution is 5.32. The van der Waals surface area contributed by atoms with E-state index >= 15 is 0 Å². The van der Waals surface area contributed by atoms with Crippen LogP contribution < -0.4 is 10.9 Å². The van der Waals surface area contributed by atoms with Crippen molar-refractivity contribution in [2.45, 2.75) is 58.5 Å². The number of rotatable bonds is 4. The minimum atomic E-state index is -0.212. The zero-order chi connectivity index (χ0) is 13.3. The summed E-state index contributed by atoms with van der Waals surface area (Å²) in [5.74, 6) is 1.32. The topological polar surface area (TPSA) is 46.9 Å². The van der Waals surface area contributed by atoms with Gasteiger partial charge in [-0.3, -0.25) is 4.79 Å². The second-order valence-corrected chi connectivity index (χ2v) is 6.35. The lowest BCUT2D eigenvalue weighted by molar-refractivity contribution is 0.383. The largest absolute Gasteiger partial charge is 0.363 e. The van der Waals surface area contributed by atoms with E-state index < -0.39 is 0 Å². The van der Waals surface area contributed by atoms with Crippen LogP contribution in [0.25, 0.3) is 0 Å². The molecule has 1 aliphatic rings. The van der Waals surface area contributed by atoms with Crippen LogP contribution in [0.15, 0.2) is 17.2 Å². The van der Waals surface area contributed by atoms with E-state index in [0.29, 0.717) is 11.9 Å². The number of aromatic nitrogens is 2. The third-order valence-electron chi connectivity index (χ3n) is 3.33. The fourth-order valence-corrected chi connectivity index (χ4v) is 2.18. The predicted molar refractivity (Wildman–Crippen MR) is 73.9 cm³/mol. The maximum atomic E-state index is 12.3. The van der Waals surface area contributed by atoms with Gasteiger partial charge in [0, 0.05) is 24.0 Å². The summed E-state index contributed by atoms with van der Waals surface area (Å²) in [7, 11) is 0. The van der Waals surface area contributed by atoms with E-state index in [1.54, 1.807) is 17.0 Å². The number of anilines is 1. The molecule has 1 aromatic rings. The van der Waals surface area contributed by atoms with Crippen molar-refractivity contribution in [3.63, 3.8) is 0 Å². The van der Waals surface area contributed by atoms with E-state index in [0.717, 1.165) is 12.3 Å². The summed E-state index contributed by atoms with van der Waals surface area (Å²) in [6.45, 7) is 8.18. The van der Waals surface area contributed by atoms with Gasteiger partial charge in [-0.15, -0.1) is 0 Å². The first-order valence-electron chi connectivity index (χ1n) is 6.72. The minimum absolute atomic E-state index is 0.0346. The molecule has 1 unspecified atom stereocenters. The van der Waals surface area contributed by atoms with Crippen LogP contribution in [0, 0.1) is 5.92 Å². The van der Waals surface area contributed by atoms with Crippen LogP contribution in [0.2, 0.25) is 0 Å². The van der Waals surface area contributed by atoms with Gasteiger partial charge in [0.1, 0.15) is 0 Å². The van der Waals surface area contributed by atoms with Crippen molar-refractivity contribution in [3.05, 3.63) is 22.7 Å². The molecule has 1 N–H and O–H groups in total. The van der Waals surface area contributed by atoms with Gasteiger partial charge in [-0.1, -0.05) is 12.8 Å². The van der Waals surface area contributed by atoms with E-state index in [-0.39, 0.29) is 11.1 Å². The summed E-state index contributed by atoms with van der Waals surface area (Å²) in [6.07, 6.45) is 7.24. The third kappa shape index (κ3) is 3.12. The van der Waals surface area contributed by atoms with Crippen LogP contribution in [0.3, 0.4) is 0 Å². The molecule has 2 rings (SSSR count). The number of nitrogens with one attached hydrogen (secondary N) is 1. The summed E-state index contributed by atoms with van der Waals surface area (Å²) < 4.78 is 1.73. The smallest absolute Gasteiger partial charge is 0.293 e. The molecule has 18 heavy (non-hydrogen) atoms. The Labute approximate surface area is 108 Å². The standard InChI is InChI=1S/C14H23N3O/c1-10(9-11-5-6-11)16-12-13(18)17(8-7-15-12)14(2,3)4/h7-8,10-11H,5-6,9H2,1-4H3,(H,15,16). The zero-order valence-electron chi connectivity index (χ0n) is 11.7. The molecule has 0 saturated heterocycles. The van der Waals surface area contributed by atoms with Crippen LogP contribution in [-0.4, -0.2) is 15.6 Å². The van der Waals surface area contributed by atoms with Crippen molar-refractivity contribution in [2.24, 2.45) is 5.92 Å². The molecule has 0 aromatic carbocycles. The molecule has 1 fully saturated rings. The second kappa shape index (κ2) is 4.75. The molecule has 4 heteroatoms. The Bertz CT molecular complexity index is 469. The maximum absolute atomic E-state index is 12.3. The maximum Gasteiger partial charge on any atom is 0.293 e. The molecule has 1 aromatic heterocycles. The highest BCUT2D eigenvalue weighted by Crippen LogP contribution is 2.33. The first-order chi connectivity index (χ1) is 8.38. The van der Waals surface area contributed by atoms with Crippen molar-refractivity contribution in [1.29, 1.82) is 0 Å². The average molecular weight is 249 g/mol. The van der Waals surface area contributed by atoms with Crippen LogP contribution in [0.4, 0.5) is 5.82 Å². The molecular weight excluding hydrogens is 226 g/mol. The highest BCUT2D eigenvalue weighted by atomic mass is 16.1. The van der Waals surface area contributed by atoms with E-state index in [1.807, 2.05) is 20.8 Å². The van der Waals surface area contributed by atoms with Gasteiger partial charge in [-0.05, 0) is 40.0 Å². The normalized spacial score (nSPS) is 17.6. The molecule has 0 spiro atoms. The van der Waals surface area contributed by atoms with Gasteiger partial charge in [0.25, 0.3) is 5.56 Å². The van der Waals surface area contributed by atoms with E-state index in [4.69, 9.17) is 0 Å². The van der Waals surface area contributed by atoms with Gasteiger partial charge in [0.2, 0.25) is 0 Å². The summed E-state index contributed by atoms with van der Waals surface area (Å²) in [6, 6.07) is 0.313. The molecular formula is C14H23N3O. The molecule has 100 valence electrons. The van der Waals surface area contributed by atoms with Gasteiger partial charge in [-0.2, -0.15) is 0 Å². The Kier molecular flexibility index (Phi) is 3.46. The quantitative estimate of drug-likeness (QED) is 0.892. The molecule has 1 aliphatic carbocycles. The Balaban J connectivity index is 2.15. The van der Waals surface area contributed by atoms with Crippen LogP contribution in [-0.2, 0) is 5.54 Å². The first kappa shape index (κ1) is 13.1. The van der Waals surface area contributed by atoms with Crippen LogP contribution >= 0.6 is 0 Å². The fourth-order valence-electron chi connectivity index (χ4n) is 2.18. The molecule has 0 bridgehead atoms. The summed E-state index contributed by atoms with van der Waals surface area (Å²) in [4.78, 5) is 16.5. The lowest BCUT2D eigenvalue weighted by Crippen LogP contribution is -2.36. The van der Waals surface area contributed by atoms with Crippen molar-refractivity contribution < 1.29 is 0 Å². The van der Waals surface area contributed by atoms with Gasteiger partial charge >= 0.3 is 0 Å². The fraction of sp³-hybridized carbons (Fsp3) is 0.714. The molecule has 0 amide bonds. The minimum Gasteiger partial charge on any atom is -0.363 e. The summed E-state index contributed by atoms with van der Waals surface area (Å²) in [5.41, 5.74) is -0.247. The average Bonchev–Trinajstić information content (AvgIpc) is 3.03. The molecule has 0 radical (unpaired) electrons. The van der Waals surface area contributed by atoms with Crippen LogP contribution in [0.1, 0.15) is 47.0 Å². The molecule has 0 aliphatic heterocycles. The van der Waals surface area contributed by atoms with Gasteiger partial charge in [0.05, 0.1) is 0 Å². The lowest BCUT2D eigenvalue weighted by Gasteiger charge is -2.23. The molecule has 1 saturated carbocycles. The first-order valence-corrected chi connectivity index (χ1v) is 6.72. The third-order valence-corrected chi connectivity index (χ3v) is 3.33. The predicted octanol–water partition coefficient (Wildman–Crippen LogP) is 2.60. The van der Waals surface area contributed by atoms with E-state index in [1.165, 1.54) is 12.8 Å². The number of hydrogen-bond donors (Lipinski definition) is 1. The van der Waals surface area contributed by atoms with E-state index in [9.17, 15) is 4.79 Å². The van der Waals surface area contributed by atoms with Gasteiger partial charge in [-0.25, -0.2) is 4.98 Å². The Morgan fingerprint density at radius 2 is 2.17 bits per heavy atom. The Hall–Kier alpha value is -1.32. The molecule has 4 nitrogen and oxygen atoms in total. The highest BCUT2D eigenvalue weighted by Gasteiger charge is 2.24. The second-order valence-electron chi connectivity index (χ2n) is 6.35. The lowest BCUT2D eigenvalue weighted by atomic mass is 10.1. The van der Waals surface area contributed by atoms with Crippen molar-refractivity contribution in [3.8, 4) is 0 Å². The summed E-state index contributed by atoms with van der Waals surface area (Å²) in [5, 5.41) is 3.25. The molecule has 1 atom stereocenters. The Morgan fingerprint density at radius 1 is 1.50 bits per heavy atom.